The second-order valence-electron chi connectivity index (χ2n) is 5.65. The van der Waals surface area contributed by atoms with Crippen LogP contribution in [-0.4, -0.2) is 24.5 Å². The van der Waals surface area contributed by atoms with Gasteiger partial charge in [0.05, 0.1) is 7.11 Å². The molecule has 0 unspecified atom stereocenters. The van der Waals surface area contributed by atoms with E-state index in [0.29, 0.717) is 25.2 Å². The Labute approximate surface area is 114 Å². The lowest BCUT2D eigenvalue weighted by Gasteiger charge is -2.35. The molecule has 2 aliphatic carbocycles. The standard InChI is InChI=1S/C15H23NO3/c1-19-14(18)15(9-5-2-6-10-15)16-13(17)11-12-7-3-4-8-12/h3,7,12H,2,4-6,8-11H2,1H3,(H,16,17)/t12-/m0/s1. The summed E-state index contributed by atoms with van der Waals surface area (Å²) in [6, 6.07) is 0. The Morgan fingerprint density at radius 2 is 2.05 bits per heavy atom. The van der Waals surface area contributed by atoms with Gasteiger partial charge in [0.2, 0.25) is 5.91 Å². The smallest absolute Gasteiger partial charge is 0.331 e. The molecule has 1 N–H and O–H groups in total. The van der Waals surface area contributed by atoms with Gasteiger partial charge in [0.1, 0.15) is 5.54 Å². The van der Waals surface area contributed by atoms with Crippen molar-refractivity contribution in [3.63, 3.8) is 0 Å². The lowest BCUT2D eigenvalue weighted by Crippen LogP contribution is -2.56. The number of carbonyl (C=O) groups excluding carboxylic acids is 2. The molecule has 0 radical (unpaired) electrons. The molecule has 0 saturated heterocycles. The Kier molecular flexibility index (Phi) is 4.61. The molecule has 0 heterocycles. The lowest BCUT2D eigenvalue weighted by atomic mass is 9.81. The minimum Gasteiger partial charge on any atom is -0.467 e. The fourth-order valence-electron chi connectivity index (χ4n) is 3.15. The monoisotopic (exact) mass is 265 g/mol. The van der Waals surface area contributed by atoms with E-state index in [0.717, 1.165) is 32.1 Å². The number of rotatable bonds is 4. The van der Waals surface area contributed by atoms with Gasteiger partial charge in [-0.15, -0.1) is 0 Å². The average Bonchev–Trinajstić information content (AvgIpc) is 2.91. The molecular weight excluding hydrogens is 242 g/mol. The Bertz CT molecular complexity index is 370. The topological polar surface area (TPSA) is 55.4 Å². The molecule has 106 valence electrons. The van der Waals surface area contributed by atoms with Crippen LogP contribution in [-0.2, 0) is 14.3 Å². The van der Waals surface area contributed by atoms with E-state index >= 15 is 0 Å². The molecule has 1 amide bonds. The van der Waals surface area contributed by atoms with Gasteiger partial charge in [-0.05, 0) is 31.6 Å². The number of carbonyl (C=O) groups is 2. The second kappa shape index (κ2) is 6.22. The average molecular weight is 265 g/mol. The Balaban J connectivity index is 1.96. The maximum atomic E-state index is 12.1. The number of allylic oxidation sites excluding steroid dienone is 2. The number of esters is 1. The molecule has 0 aromatic rings. The highest BCUT2D eigenvalue weighted by molar-refractivity contribution is 5.88. The molecule has 4 heteroatoms. The fourth-order valence-corrected chi connectivity index (χ4v) is 3.15. The first kappa shape index (κ1) is 14.1. The van der Waals surface area contributed by atoms with Crippen molar-refractivity contribution in [1.29, 1.82) is 0 Å². The van der Waals surface area contributed by atoms with Crippen molar-refractivity contribution in [3.05, 3.63) is 12.2 Å². The van der Waals surface area contributed by atoms with Gasteiger partial charge in [0.25, 0.3) is 0 Å². The number of nitrogens with one attached hydrogen (secondary N) is 1. The molecule has 0 bridgehead atoms. The first-order valence-corrected chi connectivity index (χ1v) is 7.22. The minimum atomic E-state index is -0.771. The van der Waals surface area contributed by atoms with Gasteiger partial charge in [0, 0.05) is 6.42 Å². The summed E-state index contributed by atoms with van der Waals surface area (Å²) in [7, 11) is 1.39. The predicted molar refractivity (Wildman–Crippen MR) is 72.5 cm³/mol. The van der Waals surface area contributed by atoms with Gasteiger partial charge < -0.3 is 10.1 Å². The molecule has 4 nitrogen and oxygen atoms in total. The van der Waals surface area contributed by atoms with E-state index in [4.69, 9.17) is 4.74 Å². The number of hydrogen-bond acceptors (Lipinski definition) is 3. The SMILES string of the molecule is COC(=O)C1(NC(=O)C[C@H]2C=CCC2)CCCCC1. The summed E-state index contributed by atoms with van der Waals surface area (Å²) in [6.45, 7) is 0. The molecule has 1 saturated carbocycles. The van der Waals surface area contributed by atoms with Crippen molar-refractivity contribution < 1.29 is 14.3 Å². The summed E-state index contributed by atoms with van der Waals surface area (Å²) in [5.41, 5.74) is -0.771. The highest BCUT2D eigenvalue weighted by Crippen LogP contribution is 2.30. The Morgan fingerprint density at radius 1 is 1.32 bits per heavy atom. The zero-order valence-electron chi connectivity index (χ0n) is 11.6. The zero-order valence-corrected chi connectivity index (χ0v) is 11.6. The van der Waals surface area contributed by atoms with E-state index in [1.165, 1.54) is 7.11 Å². The van der Waals surface area contributed by atoms with Crippen LogP contribution in [0.5, 0.6) is 0 Å². The highest BCUT2D eigenvalue weighted by atomic mass is 16.5. The lowest BCUT2D eigenvalue weighted by molar-refractivity contribution is -0.152. The third-order valence-electron chi connectivity index (χ3n) is 4.22. The van der Waals surface area contributed by atoms with Crippen LogP contribution in [0, 0.1) is 5.92 Å². The van der Waals surface area contributed by atoms with Gasteiger partial charge in [-0.2, -0.15) is 0 Å². The van der Waals surface area contributed by atoms with Crippen LogP contribution in [0.15, 0.2) is 12.2 Å². The van der Waals surface area contributed by atoms with Crippen molar-refractivity contribution in [3.8, 4) is 0 Å². The molecule has 1 fully saturated rings. The van der Waals surface area contributed by atoms with Crippen LogP contribution in [0.1, 0.15) is 51.4 Å². The third kappa shape index (κ3) is 3.37. The molecule has 0 aliphatic heterocycles. The van der Waals surface area contributed by atoms with Crippen molar-refractivity contribution in [2.75, 3.05) is 7.11 Å². The number of hydrogen-bond donors (Lipinski definition) is 1. The number of amides is 1. The van der Waals surface area contributed by atoms with Crippen LogP contribution in [0.4, 0.5) is 0 Å². The molecule has 19 heavy (non-hydrogen) atoms. The summed E-state index contributed by atoms with van der Waals surface area (Å²) < 4.78 is 4.90. The van der Waals surface area contributed by atoms with E-state index in [2.05, 4.69) is 17.5 Å². The van der Waals surface area contributed by atoms with E-state index in [1.807, 2.05) is 0 Å². The summed E-state index contributed by atoms with van der Waals surface area (Å²) in [5, 5.41) is 2.96. The quantitative estimate of drug-likeness (QED) is 0.627. The first-order valence-electron chi connectivity index (χ1n) is 7.22. The van der Waals surface area contributed by atoms with E-state index in [1.54, 1.807) is 0 Å². The van der Waals surface area contributed by atoms with Gasteiger partial charge in [-0.1, -0.05) is 31.4 Å². The summed E-state index contributed by atoms with van der Waals surface area (Å²) >= 11 is 0. The number of methoxy groups -OCH3 is 1. The highest BCUT2D eigenvalue weighted by Gasteiger charge is 2.42. The van der Waals surface area contributed by atoms with Crippen LogP contribution in [0.25, 0.3) is 0 Å². The third-order valence-corrected chi connectivity index (χ3v) is 4.22. The maximum absolute atomic E-state index is 12.1. The van der Waals surface area contributed by atoms with Crippen LogP contribution in [0.2, 0.25) is 0 Å². The van der Waals surface area contributed by atoms with Crippen molar-refractivity contribution in [1.82, 2.24) is 5.32 Å². The predicted octanol–water partition coefficient (Wildman–Crippen LogP) is 2.33. The summed E-state index contributed by atoms with van der Waals surface area (Å²) in [5.74, 6) is 0.0182. The van der Waals surface area contributed by atoms with Gasteiger partial charge >= 0.3 is 5.97 Å². The molecule has 0 aromatic carbocycles. The van der Waals surface area contributed by atoms with E-state index in [-0.39, 0.29) is 11.9 Å². The Morgan fingerprint density at radius 3 is 2.63 bits per heavy atom. The van der Waals surface area contributed by atoms with Gasteiger partial charge in [-0.25, -0.2) is 4.79 Å². The van der Waals surface area contributed by atoms with E-state index < -0.39 is 5.54 Å². The fraction of sp³-hybridized carbons (Fsp3) is 0.733. The van der Waals surface area contributed by atoms with Gasteiger partial charge in [0.15, 0.2) is 0 Å². The number of ether oxygens (including phenoxy) is 1. The minimum absolute atomic E-state index is 0.0242. The Hall–Kier alpha value is -1.32. The van der Waals surface area contributed by atoms with E-state index in [9.17, 15) is 9.59 Å². The first-order chi connectivity index (χ1) is 9.16. The van der Waals surface area contributed by atoms with Crippen LogP contribution < -0.4 is 5.32 Å². The van der Waals surface area contributed by atoms with Crippen LogP contribution >= 0.6 is 0 Å². The van der Waals surface area contributed by atoms with Gasteiger partial charge in [-0.3, -0.25) is 4.79 Å². The maximum Gasteiger partial charge on any atom is 0.331 e. The largest absolute Gasteiger partial charge is 0.467 e. The molecule has 2 aliphatic rings. The molecular formula is C15H23NO3. The summed E-state index contributed by atoms with van der Waals surface area (Å²) in [4.78, 5) is 24.2. The summed E-state index contributed by atoms with van der Waals surface area (Å²) in [6.07, 6.45) is 11.3. The van der Waals surface area contributed by atoms with Crippen molar-refractivity contribution >= 4 is 11.9 Å². The zero-order chi connectivity index (χ0) is 13.7. The normalized spacial score (nSPS) is 25.0. The second-order valence-corrected chi connectivity index (χ2v) is 5.65. The molecule has 2 rings (SSSR count). The molecule has 0 spiro atoms. The molecule has 1 atom stereocenters. The van der Waals surface area contributed by atoms with Crippen molar-refractivity contribution in [2.24, 2.45) is 5.92 Å². The molecule has 0 aromatic heterocycles. The van der Waals surface area contributed by atoms with Crippen LogP contribution in [0.3, 0.4) is 0 Å². The van der Waals surface area contributed by atoms with Crippen molar-refractivity contribution in [2.45, 2.75) is 56.9 Å².